The normalized spacial score (nSPS) is 23.0. The molecule has 5 rings (SSSR count). The second-order valence-electron chi connectivity index (χ2n) is 17.5. The number of urea groups is 1. The predicted octanol–water partition coefficient (Wildman–Crippen LogP) is 4.98. The molecule has 4 aliphatic rings. The zero-order chi connectivity index (χ0) is 39.6. The van der Waals surface area contributed by atoms with Crippen LogP contribution in [0.4, 0.5) is 4.79 Å². The van der Waals surface area contributed by atoms with Gasteiger partial charge in [0.25, 0.3) is 5.91 Å². The molecule has 0 aromatic heterocycles. The van der Waals surface area contributed by atoms with Gasteiger partial charge in [0, 0.05) is 6.54 Å². The Balaban J connectivity index is 1.37. The van der Waals surface area contributed by atoms with Crippen LogP contribution < -0.4 is 21.7 Å². The molecule has 12 nitrogen and oxygen atoms in total. The first kappa shape index (κ1) is 42.7. The number of carbonyl (C=O) groups excluding carboxylic acids is 5. The van der Waals surface area contributed by atoms with E-state index in [0.717, 1.165) is 89.0 Å². The van der Waals surface area contributed by atoms with Gasteiger partial charge in [0.05, 0.1) is 23.1 Å². The minimum Gasteiger partial charge on any atom is -0.363 e. The van der Waals surface area contributed by atoms with Crippen molar-refractivity contribution in [2.45, 2.75) is 153 Å². The van der Waals surface area contributed by atoms with Crippen molar-refractivity contribution in [3.8, 4) is 0 Å². The highest BCUT2D eigenvalue weighted by molar-refractivity contribution is 7.91. The molecule has 0 bridgehead atoms. The molecule has 3 saturated carbocycles. The minimum atomic E-state index is -3.45. The summed E-state index contributed by atoms with van der Waals surface area (Å²) >= 11 is 0. The van der Waals surface area contributed by atoms with Crippen molar-refractivity contribution in [1.29, 1.82) is 0 Å². The maximum absolute atomic E-state index is 14.9. The summed E-state index contributed by atoms with van der Waals surface area (Å²) in [4.78, 5) is 69.7. The molecular formula is C42H65N5O7S. The summed E-state index contributed by atoms with van der Waals surface area (Å²) in [5, 5.41) is 8.96. The zero-order valence-corrected chi connectivity index (χ0v) is 33.9. The lowest BCUT2D eigenvalue weighted by molar-refractivity contribution is -0.143. The summed E-state index contributed by atoms with van der Waals surface area (Å²) in [7, 11) is -3.45. The highest BCUT2D eigenvalue weighted by atomic mass is 32.2. The molecule has 1 unspecified atom stereocenters. The molecule has 306 valence electrons. The van der Waals surface area contributed by atoms with Gasteiger partial charge < -0.3 is 26.6 Å². The summed E-state index contributed by atoms with van der Waals surface area (Å²) in [5.41, 5.74) is 5.65. The summed E-state index contributed by atoms with van der Waals surface area (Å²) in [6, 6.07) is 6.61. The number of nitrogens with two attached hydrogens (primary N) is 1. The van der Waals surface area contributed by atoms with E-state index in [9.17, 15) is 32.4 Å². The minimum absolute atomic E-state index is 0.0146. The fourth-order valence-electron chi connectivity index (χ4n) is 9.26. The van der Waals surface area contributed by atoms with E-state index in [1.165, 1.54) is 0 Å². The first-order chi connectivity index (χ1) is 26.2. The molecule has 3 aliphatic carbocycles. The van der Waals surface area contributed by atoms with Crippen molar-refractivity contribution < 1.29 is 32.4 Å². The number of sulfone groups is 1. The van der Waals surface area contributed by atoms with Crippen LogP contribution in [0.25, 0.3) is 0 Å². The van der Waals surface area contributed by atoms with Crippen LogP contribution in [-0.4, -0.2) is 84.6 Å². The third-order valence-corrected chi connectivity index (χ3v) is 14.5. The van der Waals surface area contributed by atoms with Crippen molar-refractivity contribution in [2.75, 3.05) is 18.1 Å². The number of nitrogens with zero attached hydrogens (tertiary/aromatic N) is 1. The number of ketones is 1. The fraction of sp³-hybridized carbons (Fsp3) is 0.738. The smallest absolute Gasteiger partial charge is 0.315 e. The van der Waals surface area contributed by atoms with Gasteiger partial charge in [-0.2, -0.15) is 0 Å². The lowest BCUT2D eigenvalue weighted by atomic mass is 9.80. The van der Waals surface area contributed by atoms with E-state index in [2.05, 4.69) is 28.1 Å². The summed E-state index contributed by atoms with van der Waals surface area (Å²) in [6.45, 7) is 4.30. The van der Waals surface area contributed by atoms with Crippen LogP contribution in [0.1, 0.15) is 129 Å². The largest absolute Gasteiger partial charge is 0.363 e. The molecule has 5 N–H and O–H groups in total. The highest BCUT2D eigenvalue weighted by Crippen LogP contribution is 2.35. The van der Waals surface area contributed by atoms with Crippen LogP contribution in [-0.2, 0) is 35.4 Å². The van der Waals surface area contributed by atoms with Crippen LogP contribution in [0.15, 0.2) is 30.3 Å². The third kappa shape index (κ3) is 12.3. The number of Topliss-reactive ketones (excluding diaryl/α,β-unsaturated/α-hetero) is 1. The van der Waals surface area contributed by atoms with Crippen molar-refractivity contribution in [3.05, 3.63) is 35.9 Å². The molecule has 1 saturated heterocycles. The number of aryl methyl sites for hydroxylation is 1. The Labute approximate surface area is 328 Å². The number of primary amides is 1. The molecule has 0 radical (unpaired) electrons. The van der Waals surface area contributed by atoms with Crippen molar-refractivity contribution in [3.63, 3.8) is 0 Å². The zero-order valence-electron chi connectivity index (χ0n) is 33.1. The average molecular weight is 784 g/mol. The Kier molecular flexibility index (Phi) is 15.2. The summed E-state index contributed by atoms with van der Waals surface area (Å²) < 4.78 is 26.7. The van der Waals surface area contributed by atoms with Crippen LogP contribution >= 0.6 is 0 Å². The fourth-order valence-corrected chi connectivity index (χ4v) is 11.4. The number of carbonyl (C=O) groups is 5. The van der Waals surface area contributed by atoms with E-state index in [4.69, 9.17) is 5.73 Å². The predicted molar refractivity (Wildman–Crippen MR) is 212 cm³/mol. The number of benzene rings is 1. The first-order valence-corrected chi connectivity index (χ1v) is 22.8. The second-order valence-corrected chi connectivity index (χ2v) is 19.7. The number of nitrogens with one attached hydrogen (secondary N) is 3. The molecule has 5 amide bonds. The van der Waals surface area contributed by atoms with Gasteiger partial charge in [0.15, 0.2) is 9.84 Å². The van der Waals surface area contributed by atoms with E-state index < -0.39 is 57.1 Å². The average Bonchev–Trinajstić information content (AvgIpc) is 3.58. The monoisotopic (exact) mass is 783 g/mol. The highest BCUT2D eigenvalue weighted by Gasteiger charge is 2.46. The van der Waals surface area contributed by atoms with Crippen molar-refractivity contribution in [1.82, 2.24) is 20.9 Å². The van der Waals surface area contributed by atoms with Gasteiger partial charge in [-0.1, -0.05) is 102 Å². The molecule has 4 atom stereocenters. The lowest BCUT2D eigenvalue weighted by Gasteiger charge is -2.39. The molecule has 13 heteroatoms. The molecular weight excluding hydrogens is 719 g/mol. The Morgan fingerprint density at radius 1 is 0.873 bits per heavy atom. The van der Waals surface area contributed by atoms with E-state index in [1.807, 2.05) is 32.0 Å². The van der Waals surface area contributed by atoms with Gasteiger partial charge in [0.2, 0.25) is 17.6 Å². The Hall–Kier alpha value is -3.48. The van der Waals surface area contributed by atoms with Gasteiger partial charge in [-0.05, 0) is 87.0 Å². The first-order valence-electron chi connectivity index (χ1n) is 21.0. The van der Waals surface area contributed by atoms with E-state index in [0.29, 0.717) is 38.6 Å². The quantitative estimate of drug-likeness (QED) is 0.151. The number of amides is 5. The molecule has 4 fully saturated rings. The number of rotatable bonds is 18. The van der Waals surface area contributed by atoms with Gasteiger partial charge in [-0.15, -0.1) is 0 Å². The maximum Gasteiger partial charge on any atom is 0.315 e. The maximum atomic E-state index is 14.9. The molecule has 1 aromatic carbocycles. The summed E-state index contributed by atoms with van der Waals surface area (Å²) in [6.07, 6.45) is 13.6. The standard InChI is InChI=1S/C42H65N5O7S/c1-29(2)21-24-55(53,54)28-42(22-10-5-11-23-42)46-41(52)45-36(33-17-8-4-9-18-33)40(51)47-27-32(20-19-30-13-6-3-7-14-30)26-35(47)39(50)44-34(37(48)38(43)49)25-31-15-12-16-31/h3,6-7,13-14,29,31-36H,4-5,8-12,15-28H2,1-2H3,(H2,43,49)(H,44,50)(H2,45,46,52)/t32-,34?,35+,36+/m1/s1. The number of likely N-dealkylation sites (tertiary alicyclic amines) is 1. The molecule has 1 aliphatic heterocycles. The van der Waals surface area contributed by atoms with E-state index >= 15 is 0 Å². The van der Waals surface area contributed by atoms with Crippen LogP contribution in [0.2, 0.25) is 0 Å². The molecule has 1 heterocycles. The van der Waals surface area contributed by atoms with Gasteiger partial charge in [0.1, 0.15) is 12.1 Å². The Morgan fingerprint density at radius 3 is 2.16 bits per heavy atom. The summed E-state index contributed by atoms with van der Waals surface area (Å²) in [5.74, 6) is -2.55. The third-order valence-electron chi connectivity index (χ3n) is 12.7. The van der Waals surface area contributed by atoms with Crippen molar-refractivity contribution in [2.24, 2.45) is 29.4 Å². The Morgan fingerprint density at radius 2 is 1.55 bits per heavy atom. The van der Waals surface area contributed by atoms with E-state index in [-0.39, 0.29) is 41.1 Å². The van der Waals surface area contributed by atoms with Crippen LogP contribution in [0, 0.1) is 23.7 Å². The lowest BCUT2D eigenvalue weighted by Crippen LogP contribution is -2.62. The second kappa shape index (κ2) is 19.6. The van der Waals surface area contributed by atoms with Gasteiger partial charge in [-0.25, -0.2) is 13.2 Å². The van der Waals surface area contributed by atoms with E-state index in [1.54, 1.807) is 4.90 Å². The molecule has 1 aromatic rings. The molecule has 55 heavy (non-hydrogen) atoms. The number of hydrogen-bond donors (Lipinski definition) is 4. The Bertz CT molecular complexity index is 1590. The van der Waals surface area contributed by atoms with Gasteiger partial charge >= 0.3 is 6.03 Å². The van der Waals surface area contributed by atoms with Gasteiger partial charge in [-0.3, -0.25) is 19.2 Å². The molecule has 0 spiro atoms. The van der Waals surface area contributed by atoms with Crippen LogP contribution in [0.3, 0.4) is 0 Å². The van der Waals surface area contributed by atoms with Crippen LogP contribution in [0.5, 0.6) is 0 Å². The topological polar surface area (TPSA) is 185 Å². The SMILES string of the molecule is CC(C)CCS(=O)(=O)CC1(NC(=O)N[C@H](C(=O)N2C[C@H](CCc3ccccc3)C[C@H]2C(=O)NC(CC2CCC2)C(=O)C(N)=O)C2CCCCC2)CCCCC1. The number of hydrogen-bond acceptors (Lipinski definition) is 7. The van der Waals surface area contributed by atoms with Crippen molar-refractivity contribution >= 4 is 39.4 Å².